The Morgan fingerprint density at radius 3 is 2.61 bits per heavy atom. The summed E-state index contributed by atoms with van der Waals surface area (Å²) in [5.74, 6) is -1.92. The van der Waals surface area contributed by atoms with E-state index in [0.717, 1.165) is 37.8 Å². The topological polar surface area (TPSA) is 59.0 Å². The van der Waals surface area contributed by atoms with Gasteiger partial charge in [0.15, 0.2) is 11.6 Å². The van der Waals surface area contributed by atoms with Crippen molar-refractivity contribution in [3.05, 3.63) is 48.3 Å². The van der Waals surface area contributed by atoms with E-state index >= 15 is 0 Å². The van der Waals surface area contributed by atoms with Gasteiger partial charge in [0, 0.05) is 30.2 Å². The SMILES string of the molecule is O=C(Nc1ccc(F)c(F)c1)NC1CCC(n2cccn2)CC1. The predicted octanol–water partition coefficient (Wildman–Crippen LogP) is 3.47. The van der Waals surface area contributed by atoms with Gasteiger partial charge < -0.3 is 10.6 Å². The first-order valence-corrected chi connectivity index (χ1v) is 7.63. The summed E-state index contributed by atoms with van der Waals surface area (Å²) in [6.07, 6.45) is 7.31. The van der Waals surface area contributed by atoms with Crippen molar-refractivity contribution in [1.29, 1.82) is 0 Å². The van der Waals surface area contributed by atoms with Gasteiger partial charge in [-0.25, -0.2) is 13.6 Å². The minimum Gasteiger partial charge on any atom is -0.335 e. The highest BCUT2D eigenvalue weighted by atomic mass is 19.2. The number of urea groups is 1. The molecule has 1 heterocycles. The number of amides is 2. The molecule has 5 nitrogen and oxygen atoms in total. The highest BCUT2D eigenvalue weighted by Crippen LogP contribution is 2.27. The molecule has 1 aromatic carbocycles. The van der Waals surface area contributed by atoms with Crippen LogP contribution in [-0.4, -0.2) is 21.9 Å². The first kappa shape index (κ1) is 15.5. The van der Waals surface area contributed by atoms with Crippen LogP contribution in [0.15, 0.2) is 36.7 Å². The molecule has 0 spiro atoms. The van der Waals surface area contributed by atoms with E-state index in [9.17, 15) is 13.6 Å². The third-order valence-corrected chi connectivity index (χ3v) is 4.11. The molecule has 1 fully saturated rings. The number of hydrogen-bond donors (Lipinski definition) is 2. The monoisotopic (exact) mass is 320 g/mol. The lowest BCUT2D eigenvalue weighted by molar-refractivity contribution is 0.236. The Morgan fingerprint density at radius 1 is 1.17 bits per heavy atom. The number of anilines is 1. The van der Waals surface area contributed by atoms with Gasteiger partial charge in [0.05, 0.1) is 6.04 Å². The summed E-state index contributed by atoms with van der Waals surface area (Å²) in [6, 6.07) is 5.22. The average Bonchev–Trinajstić information content (AvgIpc) is 3.06. The number of carbonyl (C=O) groups is 1. The molecule has 3 rings (SSSR count). The van der Waals surface area contributed by atoms with Crippen molar-refractivity contribution in [1.82, 2.24) is 15.1 Å². The predicted molar refractivity (Wildman–Crippen MR) is 82.0 cm³/mol. The maximum absolute atomic E-state index is 13.1. The summed E-state index contributed by atoms with van der Waals surface area (Å²) < 4.78 is 27.9. The van der Waals surface area contributed by atoms with Gasteiger partial charge >= 0.3 is 6.03 Å². The Morgan fingerprint density at radius 2 is 1.96 bits per heavy atom. The van der Waals surface area contributed by atoms with Gasteiger partial charge in [-0.05, 0) is 43.9 Å². The largest absolute Gasteiger partial charge is 0.335 e. The molecule has 0 atom stereocenters. The number of rotatable bonds is 3. The molecule has 1 aliphatic rings. The zero-order valence-corrected chi connectivity index (χ0v) is 12.5. The first-order chi connectivity index (χ1) is 11.1. The van der Waals surface area contributed by atoms with Crippen LogP contribution >= 0.6 is 0 Å². The van der Waals surface area contributed by atoms with Crippen LogP contribution in [0.1, 0.15) is 31.7 Å². The Balaban J connectivity index is 1.48. The lowest BCUT2D eigenvalue weighted by atomic mass is 9.91. The second-order valence-electron chi connectivity index (χ2n) is 5.72. The molecule has 7 heteroatoms. The molecule has 2 amide bonds. The molecule has 122 valence electrons. The van der Waals surface area contributed by atoms with Gasteiger partial charge in [-0.2, -0.15) is 5.10 Å². The van der Waals surface area contributed by atoms with Crippen LogP contribution in [0.4, 0.5) is 19.3 Å². The smallest absolute Gasteiger partial charge is 0.319 e. The van der Waals surface area contributed by atoms with Crippen molar-refractivity contribution in [2.24, 2.45) is 0 Å². The van der Waals surface area contributed by atoms with E-state index in [1.165, 1.54) is 6.07 Å². The average molecular weight is 320 g/mol. The summed E-state index contributed by atoms with van der Waals surface area (Å²) in [5, 5.41) is 9.64. The van der Waals surface area contributed by atoms with Crippen molar-refractivity contribution < 1.29 is 13.6 Å². The van der Waals surface area contributed by atoms with Crippen LogP contribution in [0, 0.1) is 11.6 Å². The fraction of sp³-hybridized carbons (Fsp3) is 0.375. The number of aromatic nitrogens is 2. The van der Waals surface area contributed by atoms with Gasteiger partial charge in [-0.15, -0.1) is 0 Å². The lowest BCUT2D eigenvalue weighted by Crippen LogP contribution is -2.40. The molecule has 1 saturated carbocycles. The zero-order chi connectivity index (χ0) is 16.2. The maximum Gasteiger partial charge on any atom is 0.319 e. The van der Waals surface area contributed by atoms with Crippen LogP contribution in [0.2, 0.25) is 0 Å². The second kappa shape index (κ2) is 6.76. The molecule has 23 heavy (non-hydrogen) atoms. The Bertz CT molecular complexity index is 667. The highest BCUT2D eigenvalue weighted by molar-refractivity contribution is 5.89. The van der Waals surface area contributed by atoms with Crippen molar-refractivity contribution in [2.45, 2.75) is 37.8 Å². The molecule has 1 aliphatic carbocycles. The van der Waals surface area contributed by atoms with Gasteiger partial charge in [-0.3, -0.25) is 4.68 Å². The molecular weight excluding hydrogens is 302 g/mol. The molecule has 2 N–H and O–H groups in total. The summed E-state index contributed by atoms with van der Waals surface area (Å²) >= 11 is 0. The van der Waals surface area contributed by atoms with Gasteiger partial charge in [-0.1, -0.05) is 0 Å². The van der Waals surface area contributed by atoms with Crippen LogP contribution in [0.25, 0.3) is 0 Å². The van der Waals surface area contributed by atoms with E-state index in [1.54, 1.807) is 6.20 Å². The highest BCUT2D eigenvalue weighted by Gasteiger charge is 2.23. The fourth-order valence-corrected chi connectivity index (χ4v) is 2.91. The number of carbonyl (C=O) groups excluding carboxylic acids is 1. The molecule has 0 radical (unpaired) electrons. The van der Waals surface area contributed by atoms with E-state index < -0.39 is 17.7 Å². The normalized spacial score (nSPS) is 21.0. The summed E-state index contributed by atoms with van der Waals surface area (Å²) in [5.41, 5.74) is 0.228. The van der Waals surface area contributed by atoms with E-state index in [1.807, 2.05) is 16.9 Å². The van der Waals surface area contributed by atoms with Crippen LogP contribution in [0.5, 0.6) is 0 Å². The van der Waals surface area contributed by atoms with Gasteiger partial charge in [0.2, 0.25) is 0 Å². The quantitative estimate of drug-likeness (QED) is 0.910. The molecule has 0 bridgehead atoms. The zero-order valence-electron chi connectivity index (χ0n) is 12.5. The fourth-order valence-electron chi connectivity index (χ4n) is 2.91. The van der Waals surface area contributed by atoms with Crippen molar-refractivity contribution in [2.75, 3.05) is 5.32 Å². The molecule has 2 aromatic rings. The van der Waals surface area contributed by atoms with Crippen molar-refractivity contribution in [3.8, 4) is 0 Å². The standard InChI is InChI=1S/C16H18F2N4O/c17-14-7-4-12(10-15(14)18)21-16(23)20-11-2-5-13(6-3-11)22-9-1-8-19-22/h1,4,7-11,13H,2-3,5-6H2,(H2,20,21,23). The number of benzene rings is 1. The number of hydrogen-bond acceptors (Lipinski definition) is 2. The summed E-state index contributed by atoms with van der Waals surface area (Å²) in [4.78, 5) is 11.9. The molecule has 0 unspecified atom stereocenters. The van der Waals surface area contributed by atoms with E-state index in [0.29, 0.717) is 6.04 Å². The minimum absolute atomic E-state index is 0.0760. The third-order valence-electron chi connectivity index (χ3n) is 4.11. The number of halogens is 2. The van der Waals surface area contributed by atoms with Crippen molar-refractivity contribution >= 4 is 11.7 Å². The third kappa shape index (κ3) is 3.85. The summed E-state index contributed by atoms with van der Waals surface area (Å²) in [7, 11) is 0. The number of nitrogens with zero attached hydrogens (tertiary/aromatic N) is 2. The second-order valence-corrected chi connectivity index (χ2v) is 5.72. The van der Waals surface area contributed by atoms with Gasteiger partial charge in [0.25, 0.3) is 0 Å². The molecule has 0 aliphatic heterocycles. The Labute approximate surface area is 132 Å². The van der Waals surface area contributed by atoms with Crippen molar-refractivity contribution in [3.63, 3.8) is 0 Å². The Hall–Kier alpha value is -2.44. The van der Waals surface area contributed by atoms with Crippen LogP contribution in [-0.2, 0) is 0 Å². The molecule has 1 aromatic heterocycles. The lowest BCUT2D eigenvalue weighted by Gasteiger charge is -2.29. The number of nitrogens with one attached hydrogen (secondary N) is 2. The maximum atomic E-state index is 13.1. The van der Waals surface area contributed by atoms with Gasteiger partial charge in [0.1, 0.15) is 0 Å². The first-order valence-electron chi connectivity index (χ1n) is 7.63. The minimum atomic E-state index is -0.984. The summed E-state index contributed by atoms with van der Waals surface area (Å²) in [6.45, 7) is 0. The van der Waals surface area contributed by atoms with E-state index in [2.05, 4.69) is 15.7 Å². The van der Waals surface area contributed by atoms with Crippen LogP contribution in [0.3, 0.4) is 0 Å². The van der Waals surface area contributed by atoms with E-state index in [4.69, 9.17) is 0 Å². The van der Waals surface area contributed by atoms with Crippen LogP contribution < -0.4 is 10.6 Å². The molecule has 0 saturated heterocycles. The molecular formula is C16H18F2N4O. The Kier molecular flexibility index (Phi) is 4.55. The van der Waals surface area contributed by atoms with E-state index in [-0.39, 0.29) is 11.7 Å².